The summed E-state index contributed by atoms with van der Waals surface area (Å²) in [5.41, 5.74) is 2.68. The third-order valence-electron chi connectivity index (χ3n) is 3.37. The van der Waals surface area contributed by atoms with Gasteiger partial charge in [-0.3, -0.25) is 0 Å². The van der Waals surface area contributed by atoms with Gasteiger partial charge in [0.15, 0.2) is 0 Å². The van der Waals surface area contributed by atoms with Crippen LogP contribution in [0.4, 0.5) is 8.78 Å². The van der Waals surface area contributed by atoms with Crippen LogP contribution >= 0.6 is 0 Å². The van der Waals surface area contributed by atoms with Gasteiger partial charge in [-0.2, -0.15) is 0 Å². The molecule has 0 saturated carbocycles. The van der Waals surface area contributed by atoms with Gasteiger partial charge in [0.25, 0.3) is 0 Å². The van der Waals surface area contributed by atoms with E-state index in [1.165, 1.54) is 12.5 Å². The SMILES string of the molecule is Fc1cc(F)c2[nH]c3c(c2c1)CCCCC3. The summed E-state index contributed by atoms with van der Waals surface area (Å²) < 4.78 is 26.8. The normalized spacial score (nSPS) is 16.1. The molecule has 1 nitrogen and oxygen atoms in total. The average Bonchev–Trinajstić information content (AvgIpc) is 2.46. The van der Waals surface area contributed by atoms with Crippen molar-refractivity contribution in [1.29, 1.82) is 0 Å². The number of rotatable bonds is 0. The molecule has 1 aromatic heterocycles. The van der Waals surface area contributed by atoms with E-state index in [1.807, 2.05) is 0 Å². The highest BCUT2D eigenvalue weighted by atomic mass is 19.1. The Bertz CT molecular complexity index is 542. The van der Waals surface area contributed by atoms with Crippen molar-refractivity contribution in [2.45, 2.75) is 32.1 Å². The third kappa shape index (κ3) is 1.42. The molecule has 0 spiro atoms. The van der Waals surface area contributed by atoms with Gasteiger partial charge in [0.2, 0.25) is 0 Å². The van der Waals surface area contributed by atoms with Gasteiger partial charge in [0.05, 0.1) is 5.52 Å². The Morgan fingerprint density at radius 3 is 2.69 bits per heavy atom. The standard InChI is InChI=1S/C13H13F2N/c14-8-6-10-9-4-2-1-3-5-12(9)16-13(10)11(15)7-8/h6-7,16H,1-5H2. The summed E-state index contributed by atoms with van der Waals surface area (Å²) in [4.78, 5) is 3.11. The second-order valence-electron chi connectivity index (χ2n) is 4.45. The molecule has 0 amide bonds. The highest BCUT2D eigenvalue weighted by Gasteiger charge is 2.17. The quantitative estimate of drug-likeness (QED) is 0.653. The monoisotopic (exact) mass is 221 g/mol. The van der Waals surface area contributed by atoms with Crippen molar-refractivity contribution in [2.24, 2.45) is 0 Å². The van der Waals surface area contributed by atoms with Crippen LogP contribution in [0.5, 0.6) is 0 Å². The van der Waals surface area contributed by atoms with E-state index in [-0.39, 0.29) is 0 Å². The van der Waals surface area contributed by atoms with Crippen LogP contribution in [0.1, 0.15) is 30.5 Å². The smallest absolute Gasteiger partial charge is 0.150 e. The van der Waals surface area contributed by atoms with Crippen molar-refractivity contribution < 1.29 is 8.78 Å². The maximum Gasteiger partial charge on any atom is 0.150 e. The number of H-pyrrole nitrogens is 1. The molecule has 3 rings (SSSR count). The Labute approximate surface area is 92.5 Å². The van der Waals surface area contributed by atoms with Crippen LogP contribution in [0.3, 0.4) is 0 Å². The summed E-state index contributed by atoms with van der Waals surface area (Å²) >= 11 is 0. The maximum absolute atomic E-state index is 13.6. The van der Waals surface area contributed by atoms with Crippen LogP contribution in [-0.2, 0) is 12.8 Å². The Kier molecular flexibility index (Phi) is 2.20. The summed E-state index contributed by atoms with van der Waals surface area (Å²) in [6.07, 6.45) is 5.31. The lowest BCUT2D eigenvalue weighted by atomic mass is 10.1. The van der Waals surface area contributed by atoms with Crippen molar-refractivity contribution in [2.75, 3.05) is 0 Å². The third-order valence-corrected chi connectivity index (χ3v) is 3.37. The molecule has 1 aliphatic carbocycles. The average molecular weight is 221 g/mol. The van der Waals surface area contributed by atoms with Gasteiger partial charge < -0.3 is 4.98 Å². The zero-order valence-corrected chi connectivity index (χ0v) is 8.95. The van der Waals surface area contributed by atoms with E-state index in [1.54, 1.807) is 0 Å². The van der Waals surface area contributed by atoms with Crippen molar-refractivity contribution >= 4 is 10.9 Å². The second-order valence-corrected chi connectivity index (χ2v) is 4.45. The first-order chi connectivity index (χ1) is 7.75. The van der Waals surface area contributed by atoms with Gasteiger partial charge in [-0.05, 0) is 37.3 Å². The maximum atomic E-state index is 13.6. The first-order valence-electron chi connectivity index (χ1n) is 5.74. The summed E-state index contributed by atoms with van der Waals surface area (Å²) in [5.74, 6) is -0.973. The summed E-state index contributed by atoms with van der Waals surface area (Å²) in [5, 5.41) is 0.731. The van der Waals surface area contributed by atoms with Gasteiger partial charge in [0, 0.05) is 17.1 Å². The van der Waals surface area contributed by atoms with Crippen molar-refractivity contribution in [3.8, 4) is 0 Å². The van der Waals surface area contributed by atoms with Gasteiger partial charge in [-0.25, -0.2) is 8.78 Å². The minimum atomic E-state index is -0.490. The predicted molar refractivity (Wildman–Crippen MR) is 59.5 cm³/mol. The number of hydrogen-bond donors (Lipinski definition) is 1. The number of fused-ring (bicyclic) bond motifs is 3. The summed E-state index contributed by atoms with van der Waals surface area (Å²) in [6, 6.07) is 2.39. The van der Waals surface area contributed by atoms with Crippen molar-refractivity contribution in [3.05, 3.63) is 35.0 Å². The Morgan fingerprint density at radius 1 is 1.00 bits per heavy atom. The van der Waals surface area contributed by atoms with E-state index < -0.39 is 11.6 Å². The Morgan fingerprint density at radius 2 is 1.81 bits per heavy atom. The number of halogens is 2. The van der Waals surface area contributed by atoms with Gasteiger partial charge >= 0.3 is 0 Å². The van der Waals surface area contributed by atoms with E-state index in [4.69, 9.17) is 0 Å². The molecular weight excluding hydrogens is 208 g/mol. The van der Waals surface area contributed by atoms with Crippen molar-refractivity contribution in [1.82, 2.24) is 4.98 Å². The van der Waals surface area contributed by atoms with Crippen molar-refractivity contribution in [3.63, 3.8) is 0 Å². The molecule has 2 aromatic rings. The first-order valence-corrected chi connectivity index (χ1v) is 5.74. The minimum Gasteiger partial charge on any atom is -0.356 e. The molecule has 0 fully saturated rings. The van der Waals surface area contributed by atoms with Crippen LogP contribution in [0, 0.1) is 11.6 Å². The lowest BCUT2D eigenvalue weighted by Crippen LogP contribution is -1.86. The van der Waals surface area contributed by atoms with Crippen LogP contribution < -0.4 is 0 Å². The van der Waals surface area contributed by atoms with Gasteiger partial charge in [-0.1, -0.05) is 6.42 Å². The number of nitrogens with one attached hydrogen (secondary N) is 1. The molecule has 0 unspecified atom stereocenters. The largest absolute Gasteiger partial charge is 0.356 e. The van der Waals surface area contributed by atoms with E-state index in [9.17, 15) is 8.78 Å². The zero-order valence-electron chi connectivity index (χ0n) is 8.95. The fourth-order valence-electron chi connectivity index (χ4n) is 2.61. The molecule has 0 atom stereocenters. The molecule has 0 bridgehead atoms. The van der Waals surface area contributed by atoms with Gasteiger partial charge in [-0.15, -0.1) is 0 Å². The summed E-state index contributed by atoms with van der Waals surface area (Å²) in [7, 11) is 0. The number of benzene rings is 1. The minimum absolute atomic E-state index is 0.466. The molecule has 0 radical (unpaired) electrons. The number of aromatic amines is 1. The Hall–Kier alpha value is -1.38. The van der Waals surface area contributed by atoms with E-state index in [2.05, 4.69) is 4.98 Å². The Balaban J connectivity index is 2.29. The fourth-order valence-corrected chi connectivity index (χ4v) is 2.61. The number of aromatic nitrogens is 1. The second kappa shape index (κ2) is 3.58. The van der Waals surface area contributed by atoms with Crippen LogP contribution in [-0.4, -0.2) is 4.98 Å². The fraction of sp³-hybridized carbons (Fsp3) is 0.385. The molecule has 1 heterocycles. The molecule has 1 aliphatic rings. The topological polar surface area (TPSA) is 15.8 Å². The van der Waals surface area contributed by atoms with Crippen LogP contribution in [0.2, 0.25) is 0 Å². The lowest BCUT2D eigenvalue weighted by Gasteiger charge is -1.98. The molecule has 3 heteroatoms. The molecule has 0 aliphatic heterocycles. The highest BCUT2D eigenvalue weighted by Crippen LogP contribution is 2.30. The first kappa shape index (κ1) is 9.82. The highest BCUT2D eigenvalue weighted by molar-refractivity contribution is 5.85. The van der Waals surface area contributed by atoms with E-state index in [0.29, 0.717) is 5.52 Å². The van der Waals surface area contributed by atoms with Crippen LogP contribution in [0.25, 0.3) is 10.9 Å². The summed E-state index contributed by atoms with van der Waals surface area (Å²) in [6.45, 7) is 0. The molecule has 84 valence electrons. The molecule has 16 heavy (non-hydrogen) atoms. The lowest BCUT2D eigenvalue weighted by molar-refractivity contribution is 0.590. The number of hydrogen-bond acceptors (Lipinski definition) is 0. The molecule has 1 aromatic carbocycles. The molecule has 1 N–H and O–H groups in total. The van der Waals surface area contributed by atoms with Gasteiger partial charge in [0.1, 0.15) is 11.6 Å². The van der Waals surface area contributed by atoms with E-state index in [0.717, 1.165) is 48.4 Å². The number of aryl methyl sites for hydroxylation is 2. The molecule has 0 saturated heterocycles. The zero-order chi connectivity index (χ0) is 11.1. The van der Waals surface area contributed by atoms with Crippen LogP contribution in [0.15, 0.2) is 12.1 Å². The van der Waals surface area contributed by atoms with E-state index >= 15 is 0 Å². The molecular formula is C13H13F2N. The predicted octanol–water partition coefficient (Wildman–Crippen LogP) is 3.72.